The average Bonchev–Trinajstić information content (AvgIpc) is 3.29. The lowest BCUT2D eigenvalue weighted by atomic mass is 9.98. The van der Waals surface area contributed by atoms with Crippen molar-refractivity contribution in [2.24, 2.45) is 0 Å². The summed E-state index contributed by atoms with van der Waals surface area (Å²) in [5, 5.41) is 7.39. The van der Waals surface area contributed by atoms with Crippen molar-refractivity contribution in [1.29, 1.82) is 0 Å². The third-order valence-electron chi connectivity index (χ3n) is 4.89. The van der Waals surface area contributed by atoms with E-state index in [1.54, 1.807) is 11.3 Å². The van der Waals surface area contributed by atoms with E-state index in [1.165, 1.54) is 15.3 Å². The number of fused-ring (bicyclic) bond motifs is 1. The van der Waals surface area contributed by atoms with Crippen LogP contribution in [-0.2, 0) is 11.2 Å². The van der Waals surface area contributed by atoms with Crippen molar-refractivity contribution in [3.63, 3.8) is 0 Å². The highest BCUT2D eigenvalue weighted by atomic mass is 32.1. The molecule has 0 fully saturated rings. The molecule has 3 nitrogen and oxygen atoms in total. The van der Waals surface area contributed by atoms with E-state index in [4.69, 9.17) is 0 Å². The molecule has 2 aromatic heterocycles. The van der Waals surface area contributed by atoms with Gasteiger partial charge < -0.3 is 5.32 Å². The fraction of sp³-hybridized carbons (Fsp3) is 0.286. The number of hydrogen-bond acceptors (Lipinski definition) is 4. The van der Waals surface area contributed by atoms with Crippen molar-refractivity contribution in [1.82, 2.24) is 4.90 Å². The van der Waals surface area contributed by atoms with Crippen LogP contribution < -0.4 is 5.32 Å². The van der Waals surface area contributed by atoms with Gasteiger partial charge in [0.25, 0.3) is 0 Å². The van der Waals surface area contributed by atoms with Gasteiger partial charge >= 0.3 is 0 Å². The SMILES string of the molecule is Cc1ccc(C)c(NC(=O)CN2CCc3sccc3[C@@H]2c2cccs2)c1. The van der Waals surface area contributed by atoms with Gasteiger partial charge in [0.1, 0.15) is 0 Å². The quantitative estimate of drug-likeness (QED) is 0.688. The summed E-state index contributed by atoms with van der Waals surface area (Å²) in [4.78, 5) is 17.8. The predicted molar refractivity (Wildman–Crippen MR) is 110 cm³/mol. The third kappa shape index (κ3) is 3.47. The number of nitrogens with one attached hydrogen (secondary N) is 1. The van der Waals surface area contributed by atoms with Crippen LogP contribution >= 0.6 is 22.7 Å². The van der Waals surface area contributed by atoms with E-state index in [0.717, 1.165) is 29.8 Å². The molecule has 5 heteroatoms. The number of carbonyl (C=O) groups excluding carboxylic acids is 1. The zero-order valence-corrected chi connectivity index (χ0v) is 16.6. The van der Waals surface area contributed by atoms with E-state index in [9.17, 15) is 4.79 Å². The third-order valence-corrected chi connectivity index (χ3v) is 6.81. The smallest absolute Gasteiger partial charge is 0.238 e. The Morgan fingerprint density at radius 3 is 2.88 bits per heavy atom. The van der Waals surface area contributed by atoms with Crippen molar-refractivity contribution >= 4 is 34.3 Å². The van der Waals surface area contributed by atoms with E-state index in [2.05, 4.69) is 51.3 Å². The highest BCUT2D eigenvalue weighted by Gasteiger charge is 2.31. The van der Waals surface area contributed by atoms with Gasteiger partial charge in [-0.2, -0.15) is 0 Å². The van der Waals surface area contributed by atoms with Gasteiger partial charge in [-0.3, -0.25) is 9.69 Å². The number of rotatable bonds is 4. The van der Waals surface area contributed by atoms with Crippen LogP contribution in [0.2, 0.25) is 0 Å². The van der Waals surface area contributed by atoms with Crippen LogP contribution in [0.1, 0.15) is 32.5 Å². The second-order valence-corrected chi connectivity index (χ2v) is 8.78. The first kappa shape index (κ1) is 17.5. The average molecular weight is 383 g/mol. The molecule has 1 atom stereocenters. The van der Waals surface area contributed by atoms with Gasteiger partial charge in [-0.25, -0.2) is 0 Å². The van der Waals surface area contributed by atoms with Crippen LogP contribution in [0.3, 0.4) is 0 Å². The summed E-state index contributed by atoms with van der Waals surface area (Å²) in [6.45, 7) is 5.40. The van der Waals surface area contributed by atoms with Crippen LogP contribution in [0.4, 0.5) is 5.69 Å². The normalized spacial score (nSPS) is 17.1. The standard InChI is InChI=1S/C21H22N2OS2/c1-14-5-6-15(2)17(12-14)22-20(24)13-23-9-7-18-16(8-11-26-18)21(23)19-4-3-10-25-19/h3-6,8,10-12,21H,7,9,13H2,1-2H3,(H,22,24)/t21-/m1/s1. The molecule has 3 heterocycles. The number of anilines is 1. The lowest BCUT2D eigenvalue weighted by Gasteiger charge is -2.34. The van der Waals surface area contributed by atoms with E-state index in [-0.39, 0.29) is 11.9 Å². The molecule has 26 heavy (non-hydrogen) atoms. The number of benzene rings is 1. The van der Waals surface area contributed by atoms with Crippen molar-refractivity contribution in [3.05, 3.63) is 73.6 Å². The molecule has 1 aliphatic heterocycles. The maximum absolute atomic E-state index is 12.8. The molecule has 134 valence electrons. The number of aryl methyl sites for hydroxylation is 2. The first-order chi connectivity index (χ1) is 12.6. The minimum atomic E-state index is 0.0546. The Bertz CT molecular complexity index is 914. The van der Waals surface area contributed by atoms with Crippen molar-refractivity contribution in [2.75, 3.05) is 18.4 Å². The summed E-state index contributed by atoms with van der Waals surface area (Å²) in [5.74, 6) is 0.0546. The molecule has 1 aliphatic rings. The lowest BCUT2D eigenvalue weighted by Crippen LogP contribution is -2.40. The molecule has 0 unspecified atom stereocenters. The maximum Gasteiger partial charge on any atom is 0.238 e. The molecule has 0 spiro atoms. The zero-order valence-electron chi connectivity index (χ0n) is 15.0. The van der Waals surface area contributed by atoms with Gasteiger partial charge in [0, 0.05) is 22.0 Å². The number of nitrogens with zero attached hydrogens (tertiary/aromatic N) is 1. The highest BCUT2D eigenvalue weighted by molar-refractivity contribution is 7.10. The molecule has 1 aromatic carbocycles. The van der Waals surface area contributed by atoms with Crippen LogP contribution in [0.5, 0.6) is 0 Å². The van der Waals surface area contributed by atoms with Crippen molar-refractivity contribution < 1.29 is 4.79 Å². The van der Waals surface area contributed by atoms with Crippen LogP contribution in [0.15, 0.2) is 47.2 Å². The fourth-order valence-electron chi connectivity index (χ4n) is 3.56. The zero-order chi connectivity index (χ0) is 18.1. The Labute approximate surface area is 162 Å². The Hall–Kier alpha value is -1.95. The Kier molecular flexibility index (Phi) is 4.94. The van der Waals surface area contributed by atoms with E-state index < -0.39 is 0 Å². The van der Waals surface area contributed by atoms with Gasteiger partial charge in [0.05, 0.1) is 12.6 Å². The van der Waals surface area contributed by atoms with Gasteiger partial charge in [-0.05, 0) is 65.9 Å². The van der Waals surface area contributed by atoms with Crippen molar-refractivity contribution in [2.45, 2.75) is 26.3 Å². The Morgan fingerprint density at radius 1 is 1.19 bits per heavy atom. The van der Waals surface area contributed by atoms with Gasteiger partial charge in [0.2, 0.25) is 5.91 Å². The first-order valence-corrected chi connectivity index (χ1v) is 10.6. The van der Waals surface area contributed by atoms with Crippen LogP contribution in [0.25, 0.3) is 0 Å². The molecule has 1 N–H and O–H groups in total. The molecule has 0 saturated heterocycles. The number of amides is 1. The Balaban J connectivity index is 1.55. The molecular formula is C21H22N2OS2. The van der Waals surface area contributed by atoms with Gasteiger partial charge in [0.15, 0.2) is 0 Å². The molecule has 0 aliphatic carbocycles. The highest BCUT2D eigenvalue weighted by Crippen LogP contribution is 2.39. The summed E-state index contributed by atoms with van der Waals surface area (Å²) in [7, 11) is 0. The minimum absolute atomic E-state index is 0.0546. The summed E-state index contributed by atoms with van der Waals surface area (Å²) in [5.41, 5.74) is 4.53. The van der Waals surface area contributed by atoms with Crippen LogP contribution in [-0.4, -0.2) is 23.9 Å². The molecule has 4 rings (SSSR count). The number of thiophene rings is 2. The second kappa shape index (κ2) is 7.35. The molecule has 0 radical (unpaired) electrons. The minimum Gasteiger partial charge on any atom is -0.325 e. The maximum atomic E-state index is 12.8. The Morgan fingerprint density at radius 2 is 2.08 bits per heavy atom. The fourth-order valence-corrected chi connectivity index (χ4v) is 5.34. The molecule has 0 bridgehead atoms. The van der Waals surface area contributed by atoms with Crippen LogP contribution in [0, 0.1) is 13.8 Å². The molecule has 0 saturated carbocycles. The van der Waals surface area contributed by atoms with Crippen molar-refractivity contribution in [3.8, 4) is 0 Å². The number of carbonyl (C=O) groups is 1. The predicted octanol–water partition coefficient (Wildman–Crippen LogP) is 5.01. The van der Waals surface area contributed by atoms with E-state index in [1.807, 2.05) is 31.3 Å². The van der Waals surface area contributed by atoms with E-state index in [0.29, 0.717) is 6.54 Å². The van der Waals surface area contributed by atoms with E-state index >= 15 is 0 Å². The van der Waals surface area contributed by atoms with Gasteiger partial charge in [-0.15, -0.1) is 22.7 Å². The summed E-state index contributed by atoms with van der Waals surface area (Å²) in [6, 6.07) is 12.8. The summed E-state index contributed by atoms with van der Waals surface area (Å²) < 4.78 is 0. The monoisotopic (exact) mass is 382 g/mol. The molecular weight excluding hydrogens is 360 g/mol. The summed E-state index contributed by atoms with van der Waals surface area (Å²) in [6.07, 6.45) is 1.02. The topological polar surface area (TPSA) is 32.3 Å². The molecule has 1 amide bonds. The lowest BCUT2D eigenvalue weighted by molar-refractivity contribution is -0.117. The number of hydrogen-bond donors (Lipinski definition) is 1. The van der Waals surface area contributed by atoms with Gasteiger partial charge in [-0.1, -0.05) is 18.2 Å². The summed E-state index contributed by atoms with van der Waals surface area (Å²) >= 11 is 3.60. The first-order valence-electron chi connectivity index (χ1n) is 8.82. The second-order valence-electron chi connectivity index (χ2n) is 6.80. The largest absolute Gasteiger partial charge is 0.325 e. The molecule has 3 aromatic rings.